The van der Waals surface area contributed by atoms with Gasteiger partial charge in [0.1, 0.15) is 84.6 Å². The molecule has 0 aliphatic rings. The predicted molar refractivity (Wildman–Crippen MR) is 520 cm³/mol. The van der Waals surface area contributed by atoms with Gasteiger partial charge in [0.2, 0.25) is 82.7 Å². The molecule has 0 fully saturated rings. The topological polar surface area (TPSA) is 966 Å². The van der Waals surface area contributed by atoms with Crippen LogP contribution in [0.2, 0.25) is 0 Å². The van der Waals surface area contributed by atoms with Crippen molar-refractivity contribution in [1.82, 2.24) is 117 Å². The molecule has 15 atom stereocenters. The van der Waals surface area contributed by atoms with E-state index in [4.69, 9.17) is 94.9 Å². The van der Waals surface area contributed by atoms with Crippen LogP contribution in [0.1, 0.15) is 200 Å². The average molecular weight is 1960 g/mol. The second-order valence-electron chi connectivity index (χ2n) is 35.8. The Morgan fingerprint density at radius 2 is 0.319 bits per heavy atom. The Labute approximate surface area is 806 Å². The summed E-state index contributed by atoms with van der Waals surface area (Å²) in [6.45, 7) is 22.6. The number of hydrogen-bond donors (Lipinski definition) is 40. The van der Waals surface area contributed by atoms with Crippen molar-refractivity contribution in [2.45, 2.75) is 290 Å². The van der Waals surface area contributed by atoms with Crippen LogP contribution in [-0.2, 0) is 71.9 Å². The normalized spacial score (nSPS) is 14.4. The molecule has 0 heterocycles. The minimum absolute atomic E-state index is 0.00642. The largest absolute Gasteiger partial charge is 0.480 e. The number of guanidine groups is 8. The van der Waals surface area contributed by atoms with Gasteiger partial charge in [-0.3, -0.25) is 110 Å². The van der Waals surface area contributed by atoms with E-state index in [2.05, 4.69) is 117 Å². The summed E-state index contributed by atoms with van der Waals surface area (Å²) in [5.41, 5.74) is 50.3. The van der Waals surface area contributed by atoms with Crippen molar-refractivity contribution in [3.05, 3.63) is 0 Å². The Hall–Kier alpha value is -13.8. The van der Waals surface area contributed by atoms with Gasteiger partial charge in [-0.1, -0.05) is 96.9 Å². The van der Waals surface area contributed by atoms with Gasteiger partial charge in [0, 0.05) is 52.4 Å². The monoisotopic (exact) mass is 1960 g/mol. The molecule has 0 aromatic heterocycles. The molecule has 138 heavy (non-hydrogen) atoms. The van der Waals surface area contributed by atoms with Crippen molar-refractivity contribution in [2.75, 3.05) is 52.4 Å². The number of amides is 14. The third kappa shape index (κ3) is 51.8. The molecule has 0 saturated heterocycles. The van der Waals surface area contributed by atoms with E-state index in [1.54, 1.807) is 96.9 Å². The fourth-order valence-corrected chi connectivity index (χ4v) is 13.6. The van der Waals surface area contributed by atoms with E-state index in [1.807, 2.05) is 0 Å². The van der Waals surface area contributed by atoms with Gasteiger partial charge in [0.25, 0.3) is 0 Å². The van der Waals surface area contributed by atoms with Gasteiger partial charge < -0.3 is 174 Å². The first-order valence-electron chi connectivity index (χ1n) is 46.3. The highest BCUT2D eigenvalue weighted by molar-refractivity contribution is 6.01. The van der Waals surface area contributed by atoms with Gasteiger partial charge in [0.15, 0.2) is 47.7 Å². The van der Waals surface area contributed by atoms with Crippen molar-refractivity contribution in [1.29, 1.82) is 43.3 Å². The van der Waals surface area contributed by atoms with Crippen molar-refractivity contribution in [2.24, 2.45) is 93.0 Å². The number of rotatable bonds is 68. The van der Waals surface area contributed by atoms with Crippen LogP contribution < -0.4 is 169 Å². The van der Waals surface area contributed by atoms with E-state index >= 15 is 4.79 Å². The maximum absolute atomic E-state index is 15.0. The minimum atomic E-state index is -1.58. The molecule has 0 bridgehead atoms. The van der Waals surface area contributed by atoms with Crippen LogP contribution in [0.15, 0.2) is 0 Å². The molecule has 0 aliphatic carbocycles. The molecule has 0 aliphatic heterocycles. The lowest BCUT2D eigenvalue weighted by Crippen LogP contribution is -2.62. The summed E-state index contributed by atoms with van der Waals surface area (Å²) in [6.07, 6.45) is -0.349. The Morgan fingerprint density at radius 1 is 0.196 bits per heavy atom. The van der Waals surface area contributed by atoms with Gasteiger partial charge in [-0.25, -0.2) is 4.79 Å². The zero-order chi connectivity index (χ0) is 106. The second kappa shape index (κ2) is 65.8. The van der Waals surface area contributed by atoms with Gasteiger partial charge >= 0.3 is 5.97 Å². The van der Waals surface area contributed by atoms with Gasteiger partial charge in [-0.2, -0.15) is 0 Å². The number of carboxylic acids is 1. The Balaban J connectivity index is 7.74. The summed E-state index contributed by atoms with van der Waals surface area (Å²) in [7, 11) is 0. The smallest absolute Gasteiger partial charge is 0.326 e. The van der Waals surface area contributed by atoms with E-state index in [0.29, 0.717) is 6.42 Å². The molecule has 0 unspecified atom stereocenters. The standard InChI is InChI=1S/C83H161N39O16/c1-39(2)54(117-65(127)50(27-19-35-105-80(93)94)109-63(125)48(25-17-33-103-78(89)90)113-69(131)55(40(3)4)120-72(134)58(43(9)10)116-61(123)46(84)23-15-31-101-76(85)86)68(130)112-47(24-16-32-102-77(87)88)62(124)110-51(28-20-36-106-81(95)96)66(128)118-59(44(11)12)73(135)121-56(41(5)6)70(132)114-49(26-18-34-104-79(91)92)64(126)111-52(29-21-37-107-82(97)98)67(129)119-60(45(13)14)74(136)122-57(42(7)8)71(133)115-53(75(137)138)30-22-38-108-83(99)100/h39-60H,15-38,84H2,1-14H3,(H,109,125)(H,110,124)(H,111,126)(H,112,130)(H,113,131)(H,114,132)(H,115,133)(H,116,123)(H,117,127)(H,118,128)(H,119,129)(H,120,134)(H,121,135)(H,122,136)(H,137,138)(H4,85,86,101)(H4,87,88,102)(H4,89,90,103)(H4,91,92,104)(H4,93,94,105)(H4,95,96,106)(H4,97,98,107)(H4,99,100,108)/t46-,47-,48-,49-,50-,51-,52-,53-,54-,55-,56-,57-,58-,59-,60-/m0/s1. The van der Waals surface area contributed by atoms with Crippen molar-refractivity contribution < 1.29 is 77.0 Å². The quantitative estimate of drug-likeness (QED) is 0.0153. The molecule has 55 heteroatoms. The molecule has 49 N–H and O–H groups in total. The van der Waals surface area contributed by atoms with Crippen LogP contribution in [0.3, 0.4) is 0 Å². The number of hydrogen-bond acceptors (Lipinski definition) is 24. The van der Waals surface area contributed by atoms with Crippen LogP contribution in [0.4, 0.5) is 0 Å². The highest BCUT2D eigenvalue weighted by Gasteiger charge is 2.41. The molecule has 784 valence electrons. The maximum atomic E-state index is 15.0. The maximum Gasteiger partial charge on any atom is 0.326 e. The molecule has 0 aromatic rings. The lowest BCUT2D eigenvalue weighted by molar-refractivity contribution is -0.143. The lowest BCUT2D eigenvalue weighted by Gasteiger charge is -2.31. The average Bonchev–Trinajstić information content (AvgIpc) is 0.837. The number of carbonyl (C=O) groups excluding carboxylic acids is 14. The molecule has 0 spiro atoms. The van der Waals surface area contributed by atoms with Crippen LogP contribution in [-0.4, -0.2) is 284 Å². The van der Waals surface area contributed by atoms with Crippen LogP contribution in [0.25, 0.3) is 0 Å². The number of nitrogens with one attached hydrogen (secondary N) is 30. The zero-order valence-corrected chi connectivity index (χ0v) is 81.9. The van der Waals surface area contributed by atoms with E-state index < -0.39 is 256 Å². The first kappa shape index (κ1) is 124. The first-order valence-corrected chi connectivity index (χ1v) is 46.3. The highest BCUT2D eigenvalue weighted by Crippen LogP contribution is 2.17. The Morgan fingerprint density at radius 3 is 0.478 bits per heavy atom. The molecular weight excluding hydrogens is 1800 g/mol. The van der Waals surface area contributed by atoms with E-state index in [1.165, 1.54) is 0 Å². The van der Waals surface area contributed by atoms with Crippen LogP contribution in [0, 0.1) is 84.7 Å². The van der Waals surface area contributed by atoms with E-state index in [9.17, 15) is 72.2 Å². The number of nitrogens with two attached hydrogens (primary N) is 9. The molecule has 55 nitrogen and oxygen atoms in total. The molecule has 0 rings (SSSR count). The fraction of sp³-hybridized carbons (Fsp3) is 0.723. The lowest BCUT2D eigenvalue weighted by atomic mass is 9.98. The van der Waals surface area contributed by atoms with Crippen LogP contribution in [0.5, 0.6) is 0 Å². The van der Waals surface area contributed by atoms with Crippen molar-refractivity contribution >= 4 is 136 Å². The van der Waals surface area contributed by atoms with E-state index in [0.717, 1.165) is 0 Å². The van der Waals surface area contributed by atoms with E-state index in [-0.39, 0.29) is 161 Å². The number of aliphatic carboxylic acids is 1. The summed E-state index contributed by atoms with van der Waals surface area (Å²) < 4.78 is 0. The predicted octanol–water partition coefficient (Wildman–Crippen LogP) is -9.12. The van der Waals surface area contributed by atoms with Crippen molar-refractivity contribution in [3.63, 3.8) is 0 Å². The summed E-state index contributed by atoms with van der Waals surface area (Å²) in [5.74, 6) is -22.1. The van der Waals surface area contributed by atoms with Gasteiger partial charge in [0.05, 0.1) is 6.04 Å². The fourth-order valence-electron chi connectivity index (χ4n) is 13.6. The Kier molecular flexibility index (Phi) is 59.2. The third-order valence-electron chi connectivity index (χ3n) is 21.4. The van der Waals surface area contributed by atoms with Crippen LogP contribution >= 0.6 is 0 Å². The van der Waals surface area contributed by atoms with Gasteiger partial charge in [-0.15, -0.1) is 0 Å². The molecule has 0 saturated carbocycles. The molecule has 0 aromatic carbocycles. The van der Waals surface area contributed by atoms with Gasteiger partial charge in [-0.05, 0) is 144 Å². The zero-order valence-electron chi connectivity index (χ0n) is 81.9. The van der Waals surface area contributed by atoms with Crippen molar-refractivity contribution in [3.8, 4) is 0 Å². The highest BCUT2D eigenvalue weighted by atomic mass is 16.4. The third-order valence-corrected chi connectivity index (χ3v) is 21.4. The minimum Gasteiger partial charge on any atom is -0.480 e. The SMILES string of the molecule is CC(C)[C@H](NC(=O)[C@H](CCCNC(=N)N)NC(=O)[C@H](CCCNC(=N)N)NC(=O)[C@@H](NC(=O)[C@@H](NC(=O)[C@@H](N)CCCNC(=N)N)C(C)C)C(C)C)C(=O)N[C@@H](CCCNC(=N)N)C(=O)N[C@@H](CCCNC(=N)N)C(=O)N[C@H](C(=O)N[C@H](C(=O)N[C@@H](CCCNC(=N)N)C(=O)N[C@@H](CCCNC(=N)N)C(=O)N[C@H](C(=O)N[C@H](C(=O)N[C@@H](CCCNC(=N)N)C(=O)O)C(C)C)C(C)C)C(C)C)C(C)C. The molecule has 0 radical (unpaired) electrons. The summed E-state index contributed by atoms with van der Waals surface area (Å²) in [6, 6.07) is -21.5. The summed E-state index contributed by atoms with van der Waals surface area (Å²) in [4.78, 5) is 216. The number of carbonyl (C=O) groups is 15. The Bertz CT molecular complexity index is 4060. The number of carboxylic acid groups (broad SMARTS) is 1. The summed E-state index contributed by atoms with van der Waals surface area (Å²) >= 11 is 0. The first-order chi connectivity index (χ1) is 64.4. The molecular formula is C83H161N39O16. The second-order valence-corrected chi connectivity index (χ2v) is 35.8. The summed E-state index contributed by atoms with van der Waals surface area (Å²) in [5, 5.41) is 129. The molecule has 14 amide bonds.